The fourth-order valence-electron chi connectivity index (χ4n) is 5.02. The molecule has 1 saturated carbocycles. The molecule has 0 aromatic heterocycles. The smallest absolute Gasteiger partial charge is 0.244 e. The summed E-state index contributed by atoms with van der Waals surface area (Å²) in [5.74, 6) is -0.684. The number of halogens is 1. The van der Waals surface area contributed by atoms with Crippen LogP contribution < -0.4 is 9.62 Å². The van der Waals surface area contributed by atoms with Gasteiger partial charge in [-0.1, -0.05) is 88.9 Å². The van der Waals surface area contributed by atoms with Crippen LogP contribution in [0.15, 0.2) is 48.5 Å². The van der Waals surface area contributed by atoms with Gasteiger partial charge < -0.3 is 10.2 Å². The maximum absolute atomic E-state index is 13.9. The Labute approximate surface area is 239 Å². The molecule has 2 amide bonds. The van der Waals surface area contributed by atoms with Crippen molar-refractivity contribution in [1.82, 2.24) is 10.2 Å². The third-order valence-corrected chi connectivity index (χ3v) is 8.85. The first kappa shape index (κ1) is 31.0. The first-order valence-corrected chi connectivity index (χ1v) is 16.0. The summed E-state index contributed by atoms with van der Waals surface area (Å²) in [6.07, 6.45) is 6.62. The number of nitrogens with one attached hydrogen (secondary N) is 1. The van der Waals surface area contributed by atoms with Gasteiger partial charge in [-0.15, -0.1) is 0 Å². The molecular weight excluding hydrogens is 534 g/mol. The van der Waals surface area contributed by atoms with E-state index in [-0.39, 0.29) is 23.9 Å². The van der Waals surface area contributed by atoms with E-state index in [0.717, 1.165) is 41.8 Å². The van der Waals surface area contributed by atoms with Crippen LogP contribution >= 0.6 is 11.6 Å². The lowest BCUT2D eigenvalue weighted by atomic mass is 9.87. The molecule has 1 fully saturated rings. The molecule has 1 N–H and O–H groups in total. The van der Waals surface area contributed by atoms with Gasteiger partial charge in [0.2, 0.25) is 21.8 Å². The van der Waals surface area contributed by atoms with Crippen LogP contribution in [0.1, 0.15) is 77.3 Å². The van der Waals surface area contributed by atoms with Crippen molar-refractivity contribution in [3.8, 4) is 0 Å². The van der Waals surface area contributed by atoms with Crippen LogP contribution in [0, 0.1) is 0 Å². The van der Waals surface area contributed by atoms with Crippen LogP contribution in [0.5, 0.6) is 0 Å². The van der Waals surface area contributed by atoms with Crippen molar-refractivity contribution < 1.29 is 18.0 Å². The molecule has 0 bridgehead atoms. The highest BCUT2D eigenvalue weighted by molar-refractivity contribution is 7.92. The summed E-state index contributed by atoms with van der Waals surface area (Å²) in [6, 6.07) is 13.7. The zero-order valence-electron chi connectivity index (χ0n) is 23.7. The van der Waals surface area contributed by atoms with E-state index in [1.807, 2.05) is 31.2 Å². The Balaban J connectivity index is 1.93. The summed E-state index contributed by atoms with van der Waals surface area (Å²) in [5, 5.41) is 3.63. The average molecular weight is 576 g/mol. The number of nitrogens with zero attached hydrogens (tertiary/aromatic N) is 2. The molecule has 0 heterocycles. The zero-order chi connectivity index (χ0) is 28.8. The highest BCUT2D eigenvalue weighted by Gasteiger charge is 2.33. The molecule has 39 heavy (non-hydrogen) atoms. The summed E-state index contributed by atoms with van der Waals surface area (Å²) in [4.78, 5) is 28.9. The first-order chi connectivity index (χ1) is 18.3. The molecule has 2 aromatic rings. The fraction of sp³-hybridized carbons (Fsp3) is 0.533. The van der Waals surface area contributed by atoms with E-state index in [1.165, 1.54) is 11.3 Å². The first-order valence-electron chi connectivity index (χ1n) is 13.7. The normalized spacial score (nSPS) is 15.4. The maximum atomic E-state index is 13.9. The minimum absolute atomic E-state index is 0.0893. The van der Waals surface area contributed by atoms with E-state index in [2.05, 4.69) is 26.1 Å². The summed E-state index contributed by atoms with van der Waals surface area (Å²) >= 11 is 6.44. The lowest BCUT2D eigenvalue weighted by Crippen LogP contribution is -2.54. The molecule has 0 saturated heterocycles. The number of rotatable bonds is 10. The number of benzene rings is 2. The second-order valence-electron chi connectivity index (χ2n) is 11.4. The Morgan fingerprint density at radius 2 is 1.64 bits per heavy atom. The van der Waals surface area contributed by atoms with Crippen molar-refractivity contribution in [2.75, 3.05) is 17.1 Å². The summed E-state index contributed by atoms with van der Waals surface area (Å²) in [7, 11) is -3.79. The quantitative estimate of drug-likeness (QED) is 0.396. The van der Waals surface area contributed by atoms with Gasteiger partial charge in [-0.05, 0) is 54.0 Å². The van der Waals surface area contributed by atoms with E-state index < -0.39 is 28.5 Å². The van der Waals surface area contributed by atoms with Crippen LogP contribution in [-0.2, 0) is 31.6 Å². The van der Waals surface area contributed by atoms with Crippen molar-refractivity contribution in [2.45, 2.75) is 90.3 Å². The molecule has 0 aliphatic heterocycles. The number of anilines is 1. The standard InChI is InChI=1S/C30H42ClN3O4S/c1-6-27(29(36)32-24-13-8-7-9-14-24)33(20-22-12-10-11-15-26(22)31)28(35)21-34(39(5,37)38)25-18-16-23(17-19-25)30(2,3)4/h10-12,15-19,24,27H,6-9,13-14,20-21H2,1-5H3,(H,32,36). The Kier molecular flexibility index (Phi) is 10.5. The van der Waals surface area contributed by atoms with Gasteiger partial charge >= 0.3 is 0 Å². The van der Waals surface area contributed by atoms with E-state index in [1.54, 1.807) is 24.3 Å². The monoisotopic (exact) mass is 575 g/mol. The number of sulfonamides is 1. The Morgan fingerprint density at radius 1 is 1.03 bits per heavy atom. The van der Waals surface area contributed by atoms with Crippen LogP contribution in [0.2, 0.25) is 5.02 Å². The van der Waals surface area contributed by atoms with Gasteiger partial charge in [0.1, 0.15) is 12.6 Å². The number of carbonyl (C=O) groups excluding carboxylic acids is 2. The number of amides is 2. The minimum Gasteiger partial charge on any atom is -0.352 e. The molecule has 9 heteroatoms. The van der Waals surface area contributed by atoms with Crippen molar-refractivity contribution in [3.05, 3.63) is 64.7 Å². The van der Waals surface area contributed by atoms with E-state index >= 15 is 0 Å². The van der Waals surface area contributed by atoms with Gasteiger partial charge in [-0.3, -0.25) is 13.9 Å². The van der Waals surface area contributed by atoms with E-state index in [4.69, 9.17) is 11.6 Å². The molecule has 3 rings (SSSR count). The SMILES string of the molecule is CCC(C(=O)NC1CCCCC1)N(Cc1ccccc1Cl)C(=O)CN(c1ccc(C(C)(C)C)cc1)S(C)(=O)=O. The third kappa shape index (κ3) is 8.45. The molecule has 1 unspecified atom stereocenters. The Morgan fingerprint density at radius 3 is 2.18 bits per heavy atom. The van der Waals surface area contributed by atoms with Gasteiger partial charge in [0.05, 0.1) is 11.9 Å². The topological polar surface area (TPSA) is 86.8 Å². The second kappa shape index (κ2) is 13.2. The summed E-state index contributed by atoms with van der Waals surface area (Å²) < 4.78 is 26.9. The highest BCUT2D eigenvalue weighted by Crippen LogP contribution is 2.27. The van der Waals surface area contributed by atoms with Crippen LogP contribution in [0.4, 0.5) is 5.69 Å². The van der Waals surface area contributed by atoms with Gasteiger partial charge in [-0.2, -0.15) is 0 Å². The van der Waals surface area contributed by atoms with Crippen molar-refractivity contribution in [3.63, 3.8) is 0 Å². The van der Waals surface area contributed by atoms with Crippen LogP contribution in [-0.4, -0.2) is 50.0 Å². The molecule has 0 spiro atoms. The van der Waals surface area contributed by atoms with Crippen LogP contribution in [0.25, 0.3) is 0 Å². The van der Waals surface area contributed by atoms with E-state index in [9.17, 15) is 18.0 Å². The van der Waals surface area contributed by atoms with Crippen LogP contribution in [0.3, 0.4) is 0 Å². The average Bonchev–Trinajstić information content (AvgIpc) is 2.87. The fourth-order valence-corrected chi connectivity index (χ4v) is 6.06. The molecular formula is C30H42ClN3O4S. The largest absolute Gasteiger partial charge is 0.352 e. The number of hydrogen-bond donors (Lipinski definition) is 1. The number of hydrogen-bond acceptors (Lipinski definition) is 4. The van der Waals surface area contributed by atoms with Crippen molar-refractivity contribution in [1.29, 1.82) is 0 Å². The second-order valence-corrected chi connectivity index (χ2v) is 13.8. The molecule has 214 valence electrons. The maximum Gasteiger partial charge on any atom is 0.244 e. The Bertz CT molecular complexity index is 1240. The van der Waals surface area contributed by atoms with Gasteiger partial charge in [0, 0.05) is 17.6 Å². The number of carbonyl (C=O) groups is 2. The van der Waals surface area contributed by atoms with Crippen molar-refractivity contribution in [2.24, 2.45) is 0 Å². The third-order valence-electron chi connectivity index (χ3n) is 7.34. The van der Waals surface area contributed by atoms with Crippen molar-refractivity contribution >= 4 is 39.1 Å². The van der Waals surface area contributed by atoms with Gasteiger partial charge in [-0.25, -0.2) is 8.42 Å². The van der Waals surface area contributed by atoms with Gasteiger partial charge in [0.15, 0.2) is 0 Å². The Hall–Kier alpha value is -2.58. The predicted molar refractivity (Wildman–Crippen MR) is 158 cm³/mol. The molecule has 1 atom stereocenters. The molecule has 0 radical (unpaired) electrons. The minimum atomic E-state index is -3.79. The van der Waals surface area contributed by atoms with E-state index in [0.29, 0.717) is 22.7 Å². The van der Waals surface area contributed by atoms with Gasteiger partial charge in [0.25, 0.3) is 0 Å². The summed E-state index contributed by atoms with van der Waals surface area (Å²) in [5.41, 5.74) is 2.04. The molecule has 2 aromatic carbocycles. The highest BCUT2D eigenvalue weighted by atomic mass is 35.5. The summed E-state index contributed by atoms with van der Waals surface area (Å²) in [6.45, 7) is 7.76. The zero-order valence-corrected chi connectivity index (χ0v) is 25.3. The molecule has 1 aliphatic carbocycles. The predicted octanol–water partition coefficient (Wildman–Crippen LogP) is 5.66. The lowest BCUT2D eigenvalue weighted by Gasteiger charge is -2.34. The molecule has 7 nitrogen and oxygen atoms in total. The lowest BCUT2D eigenvalue weighted by molar-refractivity contribution is -0.140. The molecule has 1 aliphatic rings.